The molecule has 0 fully saturated rings. The molecule has 0 aromatic heterocycles. The van der Waals surface area contributed by atoms with Crippen LogP contribution >= 0.6 is 22.6 Å². The monoisotopic (exact) mass is 449 g/mol. The van der Waals surface area contributed by atoms with E-state index in [0.717, 1.165) is 9.26 Å². The molecule has 0 unspecified atom stereocenters. The van der Waals surface area contributed by atoms with Crippen molar-refractivity contribution in [3.05, 3.63) is 69.8 Å². The number of para-hydroxylation sites is 1. The maximum atomic E-state index is 13.3. The molecule has 0 bridgehead atoms. The van der Waals surface area contributed by atoms with Crippen LogP contribution in [0.5, 0.6) is 0 Å². The second-order valence-electron chi connectivity index (χ2n) is 6.13. The highest BCUT2D eigenvalue weighted by atomic mass is 127. The van der Waals surface area contributed by atoms with Crippen molar-refractivity contribution in [3.8, 4) is 0 Å². The van der Waals surface area contributed by atoms with Crippen LogP contribution in [-0.2, 0) is 10.4 Å². The molecule has 0 aliphatic carbocycles. The number of hydrogen-bond acceptors (Lipinski definition) is 3. The molecule has 0 spiro atoms. The second-order valence-corrected chi connectivity index (χ2v) is 7.38. The largest absolute Gasteiger partial charge is 0.396 e. The van der Waals surface area contributed by atoms with E-state index < -0.39 is 11.5 Å². The second kappa shape index (κ2) is 7.27. The van der Waals surface area contributed by atoms with Crippen molar-refractivity contribution < 1.29 is 15.0 Å². The normalized spacial score (nSPS) is 21.0. The van der Waals surface area contributed by atoms with E-state index in [1.165, 1.54) is 0 Å². The number of hydrogen-bond donors (Lipinski definition) is 2. The standard InChI is InChI=1S/C20H20INO3/c1-14(7-5-6-12-23)20(25)17-13-15(21)10-11-18(17)22(19(20)24)16-8-3-2-4-9-16/h2-5,7-11,13-14,23,25H,6,12H2,1H3/b7-5+/t14-,20+/m1/s1. The molecule has 1 amide bonds. The maximum Gasteiger partial charge on any atom is 0.268 e. The average Bonchev–Trinajstić information content (AvgIpc) is 2.84. The van der Waals surface area contributed by atoms with Gasteiger partial charge < -0.3 is 10.2 Å². The number of carbonyl (C=O) groups excluding carboxylic acids is 1. The quantitative estimate of drug-likeness (QED) is 0.541. The fourth-order valence-corrected chi connectivity index (χ4v) is 3.68. The molecule has 0 saturated heterocycles. The number of halogens is 1. The Bertz CT molecular complexity index is 806. The van der Waals surface area contributed by atoms with E-state index in [2.05, 4.69) is 22.6 Å². The van der Waals surface area contributed by atoms with Crippen LogP contribution in [0.1, 0.15) is 18.9 Å². The first kappa shape index (κ1) is 18.1. The molecule has 5 heteroatoms. The molecule has 2 aromatic rings. The first-order valence-electron chi connectivity index (χ1n) is 8.19. The van der Waals surface area contributed by atoms with Crippen molar-refractivity contribution in [2.45, 2.75) is 18.9 Å². The summed E-state index contributed by atoms with van der Waals surface area (Å²) < 4.78 is 0.962. The molecule has 25 heavy (non-hydrogen) atoms. The molecule has 2 atom stereocenters. The van der Waals surface area contributed by atoms with Crippen LogP contribution in [0.25, 0.3) is 0 Å². The van der Waals surface area contributed by atoms with Crippen LogP contribution in [0, 0.1) is 9.49 Å². The van der Waals surface area contributed by atoms with E-state index in [4.69, 9.17) is 5.11 Å². The molecular formula is C20H20INO3. The van der Waals surface area contributed by atoms with Gasteiger partial charge in [0.15, 0.2) is 5.60 Å². The van der Waals surface area contributed by atoms with Gasteiger partial charge in [0.2, 0.25) is 0 Å². The van der Waals surface area contributed by atoms with Crippen molar-refractivity contribution in [1.82, 2.24) is 0 Å². The van der Waals surface area contributed by atoms with E-state index in [1.807, 2.05) is 55.5 Å². The summed E-state index contributed by atoms with van der Waals surface area (Å²) >= 11 is 2.18. The molecule has 2 aromatic carbocycles. The topological polar surface area (TPSA) is 60.8 Å². The Morgan fingerprint density at radius 3 is 2.64 bits per heavy atom. The molecule has 1 heterocycles. The van der Waals surface area contributed by atoms with Gasteiger partial charge in [-0.25, -0.2) is 0 Å². The Balaban J connectivity index is 2.12. The fraction of sp³-hybridized carbons (Fsp3) is 0.250. The molecule has 4 nitrogen and oxygen atoms in total. The van der Waals surface area contributed by atoms with Crippen LogP contribution in [0.3, 0.4) is 0 Å². The van der Waals surface area contributed by atoms with E-state index in [0.29, 0.717) is 17.7 Å². The van der Waals surface area contributed by atoms with Crippen LogP contribution < -0.4 is 4.90 Å². The molecule has 1 aliphatic rings. The molecule has 130 valence electrons. The Hall–Kier alpha value is -1.70. The van der Waals surface area contributed by atoms with Gasteiger partial charge in [-0.3, -0.25) is 9.69 Å². The van der Waals surface area contributed by atoms with Gasteiger partial charge in [-0.05, 0) is 59.3 Å². The van der Waals surface area contributed by atoms with Crippen molar-refractivity contribution in [2.75, 3.05) is 11.5 Å². The van der Waals surface area contributed by atoms with Gasteiger partial charge in [-0.1, -0.05) is 37.3 Å². The Morgan fingerprint density at radius 2 is 1.96 bits per heavy atom. The number of anilines is 2. The lowest BCUT2D eigenvalue weighted by atomic mass is 9.83. The third-order valence-corrected chi connectivity index (χ3v) is 5.20. The predicted octanol–water partition coefficient (Wildman–Crippen LogP) is 3.73. The summed E-state index contributed by atoms with van der Waals surface area (Å²) in [5.41, 5.74) is 0.437. The lowest BCUT2D eigenvalue weighted by molar-refractivity contribution is -0.138. The zero-order valence-electron chi connectivity index (χ0n) is 13.9. The predicted molar refractivity (Wildman–Crippen MR) is 107 cm³/mol. The summed E-state index contributed by atoms with van der Waals surface area (Å²) in [5, 5.41) is 20.4. The third kappa shape index (κ3) is 3.12. The summed E-state index contributed by atoms with van der Waals surface area (Å²) in [6, 6.07) is 15.0. The zero-order chi connectivity index (χ0) is 18.0. The summed E-state index contributed by atoms with van der Waals surface area (Å²) in [5.74, 6) is -0.769. The van der Waals surface area contributed by atoms with Crippen LogP contribution in [0.15, 0.2) is 60.7 Å². The van der Waals surface area contributed by atoms with E-state index >= 15 is 0 Å². The van der Waals surface area contributed by atoms with E-state index in [1.54, 1.807) is 17.1 Å². The highest BCUT2D eigenvalue weighted by Gasteiger charge is 2.53. The highest BCUT2D eigenvalue weighted by Crippen LogP contribution is 2.48. The molecule has 0 saturated carbocycles. The van der Waals surface area contributed by atoms with Crippen molar-refractivity contribution in [2.24, 2.45) is 5.92 Å². The summed E-state index contributed by atoms with van der Waals surface area (Å²) in [4.78, 5) is 14.8. The SMILES string of the molecule is C[C@H](/C=C/CCO)[C@@]1(O)C(=O)N(c2ccccc2)c2ccc(I)cc21. The lowest BCUT2D eigenvalue weighted by Gasteiger charge is -2.27. The lowest BCUT2D eigenvalue weighted by Crippen LogP contribution is -2.42. The van der Waals surface area contributed by atoms with Gasteiger partial charge in [0, 0.05) is 27.3 Å². The van der Waals surface area contributed by atoms with Crippen LogP contribution in [0.2, 0.25) is 0 Å². The number of carbonyl (C=O) groups is 1. The Kier molecular flexibility index (Phi) is 5.27. The first-order chi connectivity index (χ1) is 12.0. The Morgan fingerprint density at radius 1 is 1.24 bits per heavy atom. The van der Waals surface area contributed by atoms with Gasteiger partial charge >= 0.3 is 0 Å². The van der Waals surface area contributed by atoms with Gasteiger partial charge in [0.1, 0.15) is 0 Å². The number of aliphatic hydroxyl groups is 2. The fourth-order valence-electron chi connectivity index (χ4n) is 3.19. The number of amides is 1. The first-order valence-corrected chi connectivity index (χ1v) is 9.27. The molecule has 1 aliphatic heterocycles. The molecule has 2 N–H and O–H groups in total. The van der Waals surface area contributed by atoms with E-state index in [-0.39, 0.29) is 12.5 Å². The van der Waals surface area contributed by atoms with Gasteiger partial charge in [0.05, 0.1) is 5.69 Å². The van der Waals surface area contributed by atoms with Crippen LogP contribution in [0.4, 0.5) is 11.4 Å². The summed E-state index contributed by atoms with van der Waals surface area (Å²) in [6.07, 6.45) is 4.09. The molecule has 3 rings (SSSR count). The summed E-state index contributed by atoms with van der Waals surface area (Å²) in [6.45, 7) is 1.87. The van der Waals surface area contributed by atoms with Crippen molar-refractivity contribution >= 4 is 39.9 Å². The zero-order valence-corrected chi connectivity index (χ0v) is 16.1. The average molecular weight is 449 g/mol. The number of fused-ring (bicyclic) bond motifs is 1. The van der Waals surface area contributed by atoms with Crippen molar-refractivity contribution in [1.29, 1.82) is 0 Å². The summed E-state index contributed by atoms with van der Waals surface area (Å²) in [7, 11) is 0. The van der Waals surface area contributed by atoms with Crippen LogP contribution in [-0.4, -0.2) is 22.7 Å². The maximum absolute atomic E-state index is 13.3. The Labute approximate surface area is 160 Å². The minimum absolute atomic E-state index is 0.0419. The third-order valence-electron chi connectivity index (χ3n) is 4.53. The number of aliphatic hydroxyl groups excluding tert-OH is 1. The van der Waals surface area contributed by atoms with Gasteiger partial charge in [0.25, 0.3) is 5.91 Å². The highest BCUT2D eigenvalue weighted by molar-refractivity contribution is 14.1. The smallest absolute Gasteiger partial charge is 0.268 e. The number of nitrogens with zero attached hydrogens (tertiary/aromatic N) is 1. The van der Waals surface area contributed by atoms with E-state index in [9.17, 15) is 9.90 Å². The van der Waals surface area contributed by atoms with Gasteiger partial charge in [-0.2, -0.15) is 0 Å². The minimum Gasteiger partial charge on any atom is -0.396 e. The number of benzene rings is 2. The molecular weight excluding hydrogens is 429 g/mol. The molecule has 0 radical (unpaired) electrons. The van der Waals surface area contributed by atoms with Crippen molar-refractivity contribution in [3.63, 3.8) is 0 Å². The number of rotatable bonds is 5. The van der Waals surface area contributed by atoms with Gasteiger partial charge in [-0.15, -0.1) is 0 Å². The minimum atomic E-state index is -1.63.